The number of furan rings is 2. The minimum Gasteiger partial charge on any atom is -0.463 e. The second kappa shape index (κ2) is 7.33. The molecule has 0 fully saturated rings. The van der Waals surface area contributed by atoms with Gasteiger partial charge in [0, 0.05) is 12.2 Å². The summed E-state index contributed by atoms with van der Waals surface area (Å²) in [6.45, 7) is 2.62. The van der Waals surface area contributed by atoms with Gasteiger partial charge in [0.1, 0.15) is 11.4 Å². The van der Waals surface area contributed by atoms with Crippen molar-refractivity contribution in [2.45, 2.75) is 13.3 Å². The topological polar surface area (TPSA) is 93.2 Å². The highest BCUT2D eigenvalue weighted by Crippen LogP contribution is 2.32. The van der Waals surface area contributed by atoms with E-state index in [9.17, 15) is 4.79 Å². The maximum Gasteiger partial charge on any atom is 0.319 e. The van der Waals surface area contributed by atoms with Gasteiger partial charge in [-0.05, 0) is 48.9 Å². The fraction of sp³-hybridized carbons (Fsp3) is 0.150. The zero-order valence-corrected chi connectivity index (χ0v) is 14.7. The van der Waals surface area contributed by atoms with E-state index in [4.69, 9.17) is 18.8 Å². The lowest BCUT2D eigenvalue weighted by molar-refractivity contribution is 0.252. The van der Waals surface area contributed by atoms with Gasteiger partial charge >= 0.3 is 6.03 Å². The minimum atomic E-state index is -0.248. The van der Waals surface area contributed by atoms with Crippen LogP contribution in [-0.2, 0) is 0 Å². The molecule has 0 atom stereocenters. The van der Waals surface area contributed by atoms with Crippen LogP contribution in [0.5, 0.6) is 0 Å². The number of rotatable bonds is 5. The fourth-order valence-electron chi connectivity index (χ4n) is 2.72. The molecule has 7 nitrogen and oxygen atoms in total. The third-order valence-corrected chi connectivity index (χ3v) is 3.97. The van der Waals surface area contributed by atoms with Crippen molar-refractivity contribution in [3.63, 3.8) is 0 Å². The SMILES string of the molecule is CCCNC(=O)Nc1ccc2nc(-c3ccco3)c(-c3ccco3)nc2c1. The minimum absolute atomic E-state index is 0.248. The standard InChI is InChI=1S/C20H18N4O3/c1-2-9-21-20(25)22-13-7-8-14-15(12-13)24-19(17-6-4-11-27-17)18(23-14)16-5-3-10-26-16/h3-8,10-12H,2,9H2,1H3,(H2,21,22,25). The summed E-state index contributed by atoms with van der Waals surface area (Å²) in [5.74, 6) is 1.20. The van der Waals surface area contributed by atoms with E-state index in [1.165, 1.54) is 0 Å². The Morgan fingerprint density at radius 1 is 0.963 bits per heavy atom. The maximum absolute atomic E-state index is 11.9. The molecular formula is C20H18N4O3. The summed E-state index contributed by atoms with van der Waals surface area (Å²) >= 11 is 0. The van der Waals surface area contributed by atoms with Crippen molar-refractivity contribution in [1.82, 2.24) is 15.3 Å². The first-order valence-electron chi connectivity index (χ1n) is 8.69. The van der Waals surface area contributed by atoms with Crippen molar-refractivity contribution in [3.05, 3.63) is 55.0 Å². The number of nitrogens with one attached hydrogen (secondary N) is 2. The van der Waals surface area contributed by atoms with Gasteiger partial charge in [-0.2, -0.15) is 0 Å². The van der Waals surface area contributed by atoms with Crippen LogP contribution in [0.25, 0.3) is 33.9 Å². The summed E-state index contributed by atoms with van der Waals surface area (Å²) < 4.78 is 11.0. The number of benzene rings is 1. The Morgan fingerprint density at radius 2 is 1.63 bits per heavy atom. The Hall–Kier alpha value is -3.61. The first-order chi connectivity index (χ1) is 13.2. The van der Waals surface area contributed by atoms with Crippen molar-refractivity contribution >= 4 is 22.8 Å². The highest BCUT2D eigenvalue weighted by molar-refractivity contribution is 5.92. The molecule has 0 aliphatic rings. The van der Waals surface area contributed by atoms with Crippen LogP contribution < -0.4 is 10.6 Å². The van der Waals surface area contributed by atoms with E-state index < -0.39 is 0 Å². The molecule has 3 aromatic heterocycles. The van der Waals surface area contributed by atoms with Gasteiger partial charge in [-0.1, -0.05) is 6.92 Å². The lowest BCUT2D eigenvalue weighted by Crippen LogP contribution is -2.29. The zero-order chi connectivity index (χ0) is 18.6. The number of amides is 2. The van der Waals surface area contributed by atoms with Crippen molar-refractivity contribution in [3.8, 4) is 22.9 Å². The smallest absolute Gasteiger partial charge is 0.319 e. The van der Waals surface area contributed by atoms with E-state index in [-0.39, 0.29) is 6.03 Å². The molecular weight excluding hydrogens is 344 g/mol. The number of hydrogen-bond acceptors (Lipinski definition) is 5. The summed E-state index contributed by atoms with van der Waals surface area (Å²) in [4.78, 5) is 21.3. The third-order valence-electron chi connectivity index (χ3n) is 3.97. The van der Waals surface area contributed by atoms with Gasteiger partial charge in [0.2, 0.25) is 0 Å². The molecule has 0 unspecified atom stereocenters. The van der Waals surface area contributed by atoms with E-state index in [0.717, 1.165) is 6.42 Å². The van der Waals surface area contributed by atoms with Crippen molar-refractivity contribution in [2.75, 3.05) is 11.9 Å². The Balaban J connectivity index is 1.76. The second-order valence-corrected chi connectivity index (χ2v) is 5.96. The number of nitrogens with zero attached hydrogens (tertiary/aromatic N) is 2. The summed E-state index contributed by atoms with van der Waals surface area (Å²) in [7, 11) is 0. The average molecular weight is 362 g/mol. The molecule has 0 saturated carbocycles. The normalized spacial score (nSPS) is 10.9. The van der Waals surface area contributed by atoms with Crippen LogP contribution in [0.4, 0.5) is 10.5 Å². The quantitative estimate of drug-likeness (QED) is 0.537. The first kappa shape index (κ1) is 16.8. The molecule has 0 radical (unpaired) electrons. The van der Waals surface area contributed by atoms with Gasteiger partial charge in [0.15, 0.2) is 11.5 Å². The molecule has 27 heavy (non-hydrogen) atoms. The molecule has 1 aromatic carbocycles. The highest BCUT2D eigenvalue weighted by Gasteiger charge is 2.17. The molecule has 136 valence electrons. The van der Waals surface area contributed by atoms with Crippen LogP contribution in [0.3, 0.4) is 0 Å². The molecule has 0 bridgehead atoms. The van der Waals surface area contributed by atoms with Gasteiger partial charge in [0.05, 0.1) is 23.6 Å². The molecule has 0 aliphatic heterocycles. The number of anilines is 1. The average Bonchev–Trinajstić information content (AvgIpc) is 3.39. The van der Waals surface area contributed by atoms with E-state index in [0.29, 0.717) is 46.2 Å². The molecule has 3 heterocycles. The largest absolute Gasteiger partial charge is 0.463 e. The van der Waals surface area contributed by atoms with Gasteiger partial charge in [0.25, 0.3) is 0 Å². The molecule has 2 amide bonds. The summed E-state index contributed by atoms with van der Waals surface area (Å²) in [5.41, 5.74) is 3.15. The first-order valence-corrected chi connectivity index (χ1v) is 8.69. The monoisotopic (exact) mass is 362 g/mol. The van der Waals surface area contributed by atoms with E-state index in [1.54, 1.807) is 36.8 Å². The molecule has 4 aromatic rings. The molecule has 4 rings (SSSR count). The van der Waals surface area contributed by atoms with Crippen LogP contribution in [0.15, 0.2) is 63.8 Å². The van der Waals surface area contributed by atoms with Gasteiger partial charge in [-0.3, -0.25) is 0 Å². The highest BCUT2D eigenvalue weighted by atomic mass is 16.3. The van der Waals surface area contributed by atoms with Crippen LogP contribution in [0, 0.1) is 0 Å². The van der Waals surface area contributed by atoms with Crippen molar-refractivity contribution in [1.29, 1.82) is 0 Å². The van der Waals surface area contributed by atoms with E-state index in [1.807, 2.05) is 25.1 Å². The number of urea groups is 1. The lowest BCUT2D eigenvalue weighted by Gasteiger charge is -2.09. The molecule has 0 spiro atoms. The summed E-state index contributed by atoms with van der Waals surface area (Å²) in [6.07, 6.45) is 4.05. The molecule has 0 aliphatic carbocycles. The second-order valence-electron chi connectivity index (χ2n) is 5.96. The van der Waals surface area contributed by atoms with Crippen LogP contribution in [0.1, 0.15) is 13.3 Å². The van der Waals surface area contributed by atoms with Crippen molar-refractivity contribution in [2.24, 2.45) is 0 Å². The Labute approximate surface area is 155 Å². The number of hydrogen-bond donors (Lipinski definition) is 2. The van der Waals surface area contributed by atoms with Crippen LogP contribution >= 0.6 is 0 Å². The van der Waals surface area contributed by atoms with E-state index >= 15 is 0 Å². The molecule has 7 heteroatoms. The lowest BCUT2D eigenvalue weighted by atomic mass is 10.1. The number of fused-ring (bicyclic) bond motifs is 1. The summed E-state index contributed by atoms with van der Waals surface area (Å²) in [6, 6.07) is 12.4. The Morgan fingerprint density at radius 3 is 2.22 bits per heavy atom. The number of aromatic nitrogens is 2. The maximum atomic E-state index is 11.9. The predicted octanol–water partition coefficient (Wildman–Crippen LogP) is 4.68. The Bertz CT molecular complexity index is 1060. The molecule has 0 saturated heterocycles. The number of carbonyl (C=O) groups is 1. The van der Waals surface area contributed by atoms with E-state index in [2.05, 4.69) is 10.6 Å². The van der Waals surface area contributed by atoms with Gasteiger partial charge in [-0.15, -0.1) is 0 Å². The third kappa shape index (κ3) is 3.52. The van der Waals surface area contributed by atoms with Crippen LogP contribution in [0.2, 0.25) is 0 Å². The zero-order valence-electron chi connectivity index (χ0n) is 14.7. The Kier molecular flexibility index (Phi) is 4.57. The molecule has 2 N–H and O–H groups in total. The number of carbonyl (C=O) groups excluding carboxylic acids is 1. The van der Waals surface area contributed by atoms with Crippen molar-refractivity contribution < 1.29 is 13.6 Å². The fourth-order valence-corrected chi connectivity index (χ4v) is 2.72. The van der Waals surface area contributed by atoms with Gasteiger partial charge < -0.3 is 19.5 Å². The predicted molar refractivity (Wildman–Crippen MR) is 102 cm³/mol. The van der Waals surface area contributed by atoms with Gasteiger partial charge in [-0.25, -0.2) is 14.8 Å². The summed E-state index contributed by atoms with van der Waals surface area (Å²) in [5, 5.41) is 5.58. The van der Waals surface area contributed by atoms with Crippen LogP contribution in [-0.4, -0.2) is 22.5 Å².